The van der Waals surface area contributed by atoms with Gasteiger partial charge >= 0.3 is 0 Å². The minimum absolute atomic E-state index is 0.153. The summed E-state index contributed by atoms with van der Waals surface area (Å²) >= 11 is 0. The summed E-state index contributed by atoms with van der Waals surface area (Å²) < 4.78 is 5.46. The zero-order valence-corrected chi connectivity index (χ0v) is 16.8. The van der Waals surface area contributed by atoms with Gasteiger partial charge in [0.2, 0.25) is 5.91 Å². The molecule has 0 radical (unpaired) electrons. The first-order chi connectivity index (χ1) is 13.7. The maximum Gasteiger partial charge on any atom is 0.273 e. The third kappa shape index (κ3) is 4.95. The molecule has 2 amide bonds. The van der Waals surface area contributed by atoms with Crippen LogP contribution in [0.1, 0.15) is 93.3 Å². The Morgan fingerprint density at radius 2 is 1.68 bits per heavy atom. The lowest BCUT2D eigenvalue weighted by molar-refractivity contribution is -0.140. The van der Waals surface area contributed by atoms with Crippen molar-refractivity contribution in [3.05, 3.63) is 17.5 Å². The van der Waals surface area contributed by atoms with E-state index in [0.29, 0.717) is 30.0 Å². The van der Waals surface area contributed by atoms with Crippen molar-refractivity contribution in [2.75, 3.05) is 6.54 Å². The molecule has 1 N–H and O–H groups in total. The molecule has 0 aliphatic heterocycles. The molecule has 0 unspecified atom stereocenters. The number of aromatic nitrogens is 1. The van der Waals surface area contributed by atoms with Gasteiger partial charge in [0, 0.05) is 24.6 Å². The lowest BCUT2D eigenvalue weighted by Gasteiger charge is -2.37. The monoisotopic (exact) mass is 387 g/mol. The first-order valence-corrected chi connectivity index (χ1v) is 11.2. The van der Waals surface area contributed by atoms with E-state index in [1.165, 1.54) is 38.5 Å². The average Bonchev–Trinajstić information content (AvgIpc) is 3.46. The summed E-state index contributed by atoms with van der Waals surface area (Å²) in [5, 5.41) is 6.88. The van der Waals surface area contributed by atoms with Crippen LogP contribution in [-0.2, 0) is 11.3 Å². The number of nitrogens with one attached hydrogen (secondary N) is 1. The van der Waals surface area contributed by atoms with E-state index < -0.39 is 0 Å². The quantitative estimate of drug-likeness (QED) is 0.766. The summed E-state index contributed by atoms with van der Waals surface area (Å²) in [6.45, 7) is 1.15. The van der Waals surface area contributed by atoms with Crippen molar-refractivity contribution in [1.82, 2.24) is 15.4 Å². The molecule has 3 aliphatic carbocycles. The number of hydrogen-bond acceptors (Lipinski definition) is 4. The van der Waals surface area contributed by atoms with Gasteiger partial charge in [0.15, 0.2) is 11.5 Å². The number of nitrogens with zero attached hydrogens (tertiary/aromatic N) is 2. The highest BCUT2D eigenvalue weighted by Crippen LogP contribution is 2.31. The largest absolute Gasteiger partial charge is 0.359 e. The Morgan fingerprint density at radius 1 is 1.00 bits per heavy atom. The van der Waals surface area contributed by atoms with Crippen molar-refractivity contribution in [1.29, 1.82) is 0 Å². The van der Waals surface area contributed by atoms with E-state index in [4.69, 9.17) is 4.52 Å². The molecule has 3 saturated carbocycles. The van der Waals surface area contributed by atoms with Gasteiger partial charge in [0.25, 0.3) is 5.91 Å². The predicted octanol–water partition coefficient (Wildman–Crippen LogP) is 4.06. The highest BCUT2D eigenvalue weighted by atomic mass is 16.5. The molecular weight excluding hydrogens is 354 g/mol. The lowest BCUT2D eigenvalue weighted by Crippen LogP contribution is -2.44. The first kappa shape index (κ1) is 19.5. The molecule has 4 rings (SSSR count). The van der Waals surface area contributed by atoms with Crippen molar-refractivity contribution in [2.45, 2.75) is 89.6 Å². The van der Waals surface area contributed by atoms with Gasteiger partial charge in [-0.3, -0.25) is 9.59 Å². The molecule has 1 heterocycles. The lowest BCUT2D eigenvalue weighted by atomic mass is 9.86. The van der Waals surface area contributed by atoms with E-state index in [1.54, 1.807) is 6.07 Å². The number of amides is 2. The van der Waals surface area contributed by atoms with Gasteiger partial charge in [0.05, 0.1) is 6.54 Å². The van der Waals surface area contributed by atoms with Crippen LogP contribution in [0.5, 0.6) is 0 Å². The van der Waals surface area contributed by atoms with Gasteiger partial charge in [0.1, 0.15) is 0 Å². The molecule has 3 fully saturated rings. The molecule has 6 nitrogen and oxygen atoms in total. The molecule has 0 spiro atoms. The summed E-state index contributed by atoms with van der Waals surface area (Å²) in [4.78, 5) is 27.6. The Bertz CT molecular complexity index is 670. The summed E-state index contributed by atoms with van der Waals surface area (Å²) in [7, 11) is 0. The van der Waals surface area contributed by atoms with Gasteiger partial charge in [-0.25, -0.2) is 0 Å². The average molecular weight is 388 g/mol. The van der Waals surface area contributed by atoms with Crippen molar-refractivity contribution in [2.24, 2.45) is 11.8 Å². The smallest absolute Gasteiger partial charge is 0.273 e. The van der Waals surface area contributed by atoms with E-state index in [2.05, 4.69) is 10.5 Å². The van der Waals surface area contributed by atoms with Crippen LogP contribution in [0.4, 0.5) is 0 Å². The Balaban J connectivity index is 1.42. The fourth-order valence-electron chi connectivity index (χ4n) is 4.68. The first-order valence-electron chi connectivity index (χ1n) is 11.2. The standard InChI is InChI=1S/C22H33N3O3/c26-21(23-14-16-11-12-16)20-13-19(28-24-20)15-25(18-9-5-2-6-10-18)22(27)17-7-3-1-4-8-17/h13,16-18H,1-12,14-15H2,(H,23,26). The van der Waals surface area contributed by atoms with Crippen LogP contribution in [0.25, 0.3) is 0 Å². The number of hydrogen-bond donors (Lipinski definition) is 1. The zero-order chi connectivity index (χ0) is 19.3. The molecule has 1 aromatic heterocycles. The summed E-state index contributed by atoms with van der Waals surface area (Å²) in [6, 6.07) is 2.01. The van der Waals surface area contributed by atoms with Crippen LogP contribution in [0.2, 0.25) is 0 Å². The van der Waals surface area contributed by atoms with E-state index in [-0.39, 0.29) is 17.7 Å². The molecule has 1 aromatic rings. The third-order valence-corrected chi connectivity index (χ3v) is 6.62. The number of rotatable bonds is 7. The Morgan fingerprint density at radius 3 is 2.36 bits per heavy atom. The highest BCUT2D eigenvalue weighted by molar-refractivity contribution is 5.92. The SMILES string of the molecule is O=C(NCC1CC1)c1cc(CN(C(=O)C2CCCCC2)C2CCCCC2)on1. The molecule has 154 valence electrons. The van der Waals surface area contributed by atoms with Gasteiger partial charge in [-0.05, 0) is 44.4 Å². The summed E-state index contributed by atoms with van der Waals surface area (Å²) in [5.74, 6) is 1.50. The minimum Gasteiger partial charge on any atom is -0.359 e. The molecule has 3 aliphatic rings. The predicted molar refractivity (Wildman–Crippen MR) is 106 cm³/mol. The van der Waals surface area contributed by atoms with Crippen LogP contribution in [0, 0.1) is 11.8 Å². The van der Waals surface area contributed by atoms with E-state index in [0.717, 1.165) is 45.1 Å². The van der Waals surface area contributed by atoms with Gasteiger partial charge in [-0.2, -0.15) is 0 Å². The Kier molecular flexibility index (Phi) is 6.33. The molecule has 0 saturated heterocycles. The van der Waals surface area contributed by atoms with E-state index >= 15 is 0 Å². The number of carbonyl (C=O) groups excluding carboxylic acids is 2. The molecule has 6 heteroatoms. The van der Waals surface area contributed by atoms with E-state index in [9.17, 15) is 9.59 Å². The fourth-order valence-corrected chi connectivity index (χ4v) is 4.68. The fraction of sp³-hybridized carbons (Fsp3) is 0.773. The van der Waals surface area contributed by atoms with Crippen LogP contribution in [0.15, 0.2) is 10.6 Å². The third-order valence-electron chi connectivity index (χ3n) is 6.62. The van der Waals surface area contributed by atoms with Crippen molar-refractivity contribution < 1.29 is 14.1 Å². The summed E-state index contributed by atoms with van der Waals surface area (Å²) in [5.41, 5.74) is 0.323. The second-order valence-corrected chi connectivity index (χ2v) is 8.92. The van der Waals surface area contributed by atoms with Crippen LogP contribution in [0.3, 0.4) is 0 Å². The summed E-state index contributed by atoms with van der Waals surface area (Å²) in [6.07, 6.45) is 13.7. The van der Waals surface area contributed by atoms with Crippen molar-refractivity contribution in [3.63, 3.8) is 0 Å². The number of carbonyl (C=O) groups is 2. The molecule has 0 bridgehead atoms. The topological polar surface area (TPSA) is 75.4 Å². The molecule has 0 aromatic carbocycles. The van der Waals surface area contributed by atoms with Crippen molar-refractivity contribution >= 4 is 11.8 Å². The molecule has 28 heavy (non-hydrogen) atoms. The highest BCUT2D eigenvalue weighted by Gasteiger charge is 2.32. The minimum atomic E-state index is -0.176. The second-order valence-electron chi connectivity index (χ2n) is 8.92. The maximum absolute atomic E-state index is 13.3. The maximum atomic E-state index is 13.3. The molecular formula is C22H33N3O3. The van der Waals surface area contributed by atoms with Crippen molar-refractivity contribution in [3.8, 4) is 0 Å². The van der Waals surface area contributed by atoms with Crippen LogP contribution >= 0.6 is 0 Å². The van der Waals surface area contributed by atoms with Crippen LogP contribution in [-0.4, -0.2) is 34.5 Å². The molecule has 0 atom stereocenters. The normalized spacial score (nSPS) is 21.4. The zero-order valence-electron chi connectivity index (χ0n) is 16.8. The Labute approximate surface area is 167 Å². The van der Waals surface area contributed by atoms with Crippen LogP contribution < -0.4 is 5.32 Å². The second kappa shape index (κ2) is 9.10. The van der Waals surface area contributed by atoms with Gasteiger partial charge in [-0.1, -0.05) is 43.7 Å². The Hall–Kier alpha value is -1.85. The van der Waals surface area contributed by atoms with E-state index in [1.807, 2.05) is 4.90 Å². The van der Waals surface area contributed by atoms with Gasteiger partial charge < -0.3 is 14.7 Å². The van der Waals surface area contributed by atoms with Gasteiger partial charge in [-0.15, -0.1) is 0 Å².